The Balaban J connectivity index is 0.000000941. The van der Waals surface area contributed by atoms with Crippen molar-refractivity contribution in [3.8, 4) is 5.75 Å². The molecule has 0 aliphatic carbocycles. The number of alkyl halides is 6. The molecule has 1 saturated heterocycles. The molecule has 0 bridgehead atoms. The van der Waals surface area contributed by atoms with Crippen molar-refractivity contribution in [2.45, 2.75) is 25.2 Å². The second-order valence-electron chi connectivity index (χ2n) is 7.94. The van der Waals surface area contributed by atoms with Gasteiger partial charge in [0.2, 0.25) is 0 Å². The van der Waals surface area contributed by atoms with Gasteiger partial charge in [-0.1, -0.05) is 5.16 Å². The highest BCUT2D eigenvalue weighted by Crippen LogP contribution is 2.35. The van der Waals surface area contributed by atoms with Crippen molar-refractivity contribution in [3.05, 3.63) is 26.6 Å². The van der Waals surface area contributed by atoms with Crippen molar-refractivity contribution < 1.29 is 60.9 Å². The maximum atomic E-state index is 12.4. The van der Waals surface area contributed by atoms with Gasteiger partial charge in [0.25, 0.3) is 5.91 Å². The average molecular weight is 735 g/mol. The third-order valence-corrected chi connectivity index (χ3v) is 5.83. The molecule has 1 aromatic carbocycles. The van der Waals surface area contributed by atoms with Gasteiger partial charge in [-0.3, -0.25) is 10.2 Å². The van der Waals surface area contributed by atoms with Gasteiger partial charge in [0, 0.05) is 32.6 Å². The van der Waals surface area contributed by atoms with E-state index in [1.165, 1.54) is 0 Å². The minimum absolute atomic E-state index is 0.0459. The second-order valence-corrected chi connectivity index (χ2v) is 9.65. The number of carbonyl (C=O) groups is 3. The number of nitrogens with one attached hydrogen (secondary N) is 1. The highest BCUT2D eigenvalue weighted by Gasteiger charge is 2.38. The summed E-state index contributed by atoms with van der Waals surface area (Å²) >= 11 is 6.96. The molecule has 1 aliphatic heterocycles. The number of likely N-dealkylation sites (N-methyl/N-ethyl adjacent to an activating group) is 1. The summed E-state index contributed by atoms with van der Waals surface area (Å²) in [4.78, 5) is 32.4. The van der Waals surface area contributed by atoms with E-state index in [2.05, 4.69) is 47.3 Å². The number of carboxylic acids is 2. The fourth-order valence-electron chi connectivity index (χ4n) is 2.59. The Labute approximate surface area is 246 Å². The molecule has 20 heteroatoms. The van der Waals surface area contributed by atoms with E-state index < -0.39 is 30.2 Å². The van der Waals surface area contributed by atoms with Gasteiger partial charge in [-0.25, -0.2) is 14.6 Å². The molecule has 234 valence electrons. The van der Waals surface area contributed by atoms with Crippen LogP contribution in [-0.4, -0.2) is 108 Å². The first-order chi connectivity index (χ1) is 18.8. The number of amides is 1. The molecule has 1 amide bonds. The van der Waals surface area contributed by atoms with Crippen LogP contribution in [0.1, 0.15) is 12.0 Å². The fraction of sp³-hybridized carbons (Fsp3) is 0.524. The number of aliphatic carboxylic acids is 2. The number of benzene rings is 1. The summed E-state index contributed by atoms with van der Waals surface area (Å²) in [5.41, 5.74) is 9.14. The van der Waals surface area contributed by atoms with Crippen LogP contribution in [0.3, 0.4) is 0 Å². The smallest absolute Gasteiger partial charge is 0.490 e. The Kier molecular flexibility index (Phi) is 16.8. The highest BCUT2D eigenvalue weighted by atomic mass is 79.9. The Morgan fingerprint density at radius 2 is 1.44 bits per heavy atom. The summed E-state index contributed by atoms with van der Waals surface area (Å²) < 4.78 is 70.7. The number of rotatable bonds is 8. The molecule has 0 atom stereocenters. The lowest BCUT2D eigenvalue weighted by atomic mass is 10.1. The number of carboxylic acid groups (broad SMARTS) is 2. The Morgan fingerprint density at radius 1 is 1.00 bits per heavy atom. The van der Waals surface area contributed by atoms with Crippen LogP contribution in [0.25, 0.3) is 0 Å². The number of piperazine rings is 1. The van der Waals surface area contributed by atoms with Gasteiger partial charge in [0.1, 0.15) is 11.5 Å². The van der Waals surface area contributed by atoms with E-state index in [9.17, 15) is 36.3 Å². The number of oxime groups is 1. The van der Waals surface area contributed by atoms with Crippen molar-refractivity contribution in [1.29, 1.82) is 0 Å². The summed E-state index contributed by atoms with van der Waals surface area (Å²) in [7, 11) is 2.04. The second kappa shape index (κ2) is 18.0. The first kappa shape index (κ1) is 38.3. The Morgan fingerprint density at radius 3 is 1.80 bits per heavy atom. The number of carbonyl (C=O) groups excluding carboxylic acids is 1. The zero-order valence-corrected chi connectivity index (χ0v) is 24.4. The van der Waals surface area contributed by atoms with E-state index in [4.69, 9.17) is 30.3 Å². The zero-order valence-electron chi connectivity index (χ0n) is 21.2. The molecule has 1 aromatic rings. The molecular weight excluding hydrogens is 708 g/mol. The number of nitrogens with two attached hydrogens (primary N) is 1. The maximum absolute atomic E-state index is 12.4. The molecular formula is C21H27Br2F6N5O7. The molecule has 0 aromatic heterocycles. The SMILES string of the molecule is CN1CCN(NC(=O)/C(Cc2cc(Br)c(OCCCN)c(Br)c2)=N/O)CC1.O=C(O)C(F)(F)F.O=C(O)C(F)(F)F. The van der Waals surface area contributed by atoms with Gasteiger partial charge in [-0.2, -0.15) is 26.3 Å². The monoisotopic (exact) mass is 733 g/mol. The lowest BCUT2D eigenvalue weighted by Gasteiger charge is -2.32. The summed E-state index contributed by atoms with van der Waals surface area (Å²) in [5, 5.41) is 28.6. The molecule has 0 radical (unpaired) electrons. The van der Waals surface area contributed by atoms with E-state index in [1.807, 2.05) is 24.2 Å². The van der Waals surface area contributed by atoms with Gasteiger partial charge in [-0.05, 0) is 69.6 Å². The van der Waals surface area contributed by atoms with Crippen molar-refractivity contribution >= 4 is 55.4 Å². The molecule has 41 heavy (non-hydrogen) atoms. The van der Waals surface area contributed by atoms with Crippen LogP contribution in [0.4, 0.5) is 26.3 Å². The normalized spacial score (nSPS) is 14.6. The van der Waals surface area contributed by atoms with E-state index in [0.717, 1.165) is 47.1 Å². The number of hydrogen-bond acceptors (Lipinski definition) is 9. The molecule has 6 N–H and O–H groups in total. The van der Waals surface area contributed by atoms with Crippen LogP contribution in [0.15, 0.2) is 26.2 Å². The van der Waals surface area contributed by atoms with Crippen LogP contribution < -0.4 is 15.9 Å². The summed E-state index contributed by atoms with van der Waals surface area (Å²) in [6.07, 6.45) is -9.22. The predicted molar refractivity (Wildman–Crippen MR) is 139 cm³/mol. The number of nitrogens with zero attached hydrogens (tertiary/aromatic N) is 3. The minimum Gasteiger partial charge on any atom is -0.491 e. The molecule has 0 spiro atoms. The molecule has 0 unspecified atom stereocenters. The topological polar surface area (TPSA) is 178 Å². The average Bonchev–Trinajstić information content (AvgIpc) is 2.85. The Bertz CT molecular complexity index is 1010. The largest absolute Gasteiger partial charge is 0.491 e. The van der Waals surface area contributed by atoms with Crippen molar-refractivity contribution in [2.24, 2.45) is 10.9 Å². The van der Waals surface area contributed by atoms with E-state index >= 15 is 0 Å². The molecule has 1 fully saturated rings. The summed E-state index contributed by atoms with van der Waals surface area (Å²) in [6.45, 7) is 4.28. The van der Waals surface area contributed by atoms with Crippen LogP contribution in [0, 0.1) is 0 Å². The number of hydrazine groups is 1. The molecule has 12 nitrogen and oxygen atoms in total. The number of hydrogen-bond donors (Lipinski definition) is 5. The van der Waals surface area contributed by atoms with Crippen molar-refractivity contribution in [1.82, 2.24) is 15.3 Å². The van der Waals surface area contributed by atoms with Gasteiger partial charge in [0.15, 0.2) is 0 Å². The summed E-state index contributed by atoms with van der Waals surface area (Å²) in [6, 6.07) is 3.69. The fourth-order valence-corrected chi connectivity index (χ4v) is 4.10. The standard InChI is InChI=1S/C17H25Br2N5O3.2C2HF3O2/c1-23-4-6-24(7-5-23)21-17(25)15(22-26)11-12-9-13(18)16(14(19)10-12)27-8-2-3-20;2*3-2(4,5)1(6)7/h9-10,26H,2-8,11,20H2,1H3,(H,21,25);2*(H,6,7)/b22-15+;;. The maximum Gasteiger partial charge on any atom is 0.490 e. The lowest BCUT2D eigenvalue weighted by molar-refractivity contribution is -0.193. The van der Waals surface area contributed by atoms with Gasteiger partial charge < -0.3 is 30.8 Å². The van der Waals surface area contributed by atoms with Crippen molar-refractivity contribution in [2.75, 3.05) is 46.4 Å². The van der Waals surface area contributed by atoms with Gasteiger partial charge >= 0.3 is 24.3 Å². The molecule has 1 heterocycles. The molecule has 1 aliphatic rings. The third-order valence-electron chi connectivity index (χ3n) is 4.66. The van der Waals surface area contributed by atoms with E-state index in [0.29, 0.717) is 18.9 Å². The van der Waals surface area contributed by atoms with E-state index in [1.54, 1.807) is 0 Å². The number of ether oxygens (including phenoxy) is 1. The summed E-state index contributed by atoms with van der Waals surface area (Å²) in [5.74, 6) is -5.24. The van der Waals surface area contributed by atoms with Crippen LogP contribution in [0.2, 0.25) is 0 Å². The quantitative estimate of drug-likeness (QED) is 0.0878. The van der Waals surface area contributed by atoms with E-state index in [-0.39, 0.29) is 12.1 Å². The lowest BCUT2D eigenvalue weighted by Crippen LogP contribution is -2.54. The highest BCUT2D eigenvalue weighted by molar-refractivity contribution is 9.11. The number of halogens is 8. The van der Waals surface area contributed by atoms with Gasteiger partial charge in [0.05, 0.1) is 15.6 Å². The van der Waals surface area contributed by atoms with Crippen LogP contribution in [-0.2, 0) is 20.8 Å². The van der Waals surface area contributed by atoms with Crippen LogP contribution >= 0.6 is 31.9 Å². The third kappa shape index (κ3) is 15.8. The van der Waals surface area contributed by atoms with Gasteiger partial charge in [-0.15, -0.1) is 0 Å². The Hall–Kier alpha value is -2.68. The first-order valence-corrected chi connectivity index (χ1v) is 12.8. The van der Waals surface area contributed by atoms with Crippen molar-refractivity contribution in [3.63, 3.8) is 0 Å². The molecule has 2 rings (SSSR count). The first-order valence-electron chi connectivity index (χ1n) is 11.2. The zero-order chi connectivity index (χ0) is 32.0. The minimum atomic E-state index is -5.08. The van der Waals surface area contributed by atoms with Crippen LogP contribution in [0.5, 0.6) is 5.75 Å². The predicted octanol–water partition coefficient (Wildman–Crippen LogP) is 2.86. The molecule has 0 saturated carbocycles.